The fourth-order valence-electron chi connectivity index (χ4n) is 3.40. The first kappa shape index (κ1) is 30.6. The van der Waals surface area contributed by atoms with Gasteiger partial charge in [-0.25, -0.2) is 9.59 Å². The molecule has 3 aromatic rings. The summed E-state index contributed by atoms with van der Waals surface area (Å²) in [4.78, 5) is 34.9. The van der Waals surface area contributed by atoms with Crippen LogP contribution in [0.3, 0.4) is 0 Å². The van der Waals surface area contributed by atoms with Crippen LogP contribution in [0.4, 0.5) is 0 Å². The Hall–Kier alpha value is -4.67. The van der Waals surface area contributed by atoms with Gasteiger partial charge in [-0.1, -0.05) is 10.3 Å². The number of carbonyl (C=O) groups excluding carboxylic acids is 3. The molecule has 0 aliphatic heterocycles. The van der Waals surface area contributed by atoms with Crippen molar-refractivity contribution in [3.8, 4) is 22.8 Å². The lowest BCUT2D eigenvalue weighted by molar-refractivity contribution is -0.154. The summed E-state index contributed by atoms with van der Waals surface area (Å²) in [6.07, 6.45) is 0. The number of ether oxygens (including phenoxy) is 4. The van der Waals surface area contributed by atoms with E-state index in [-0.39, 0.29) is 18.1 Å². The van der Waals surface area contributed by atoms with E-state index in [1.54, 1.807) is 52.1 Å². The maximum atomic E-state index is 11.8. The number of oxime groups is 1. The minimum Gasteiger partial charge on any atom is -0.497 e. The van der Waals surface area contributed by atoms with Crippen LogP contribution in [0.5, 0.6) is 11.5 Å². The standard InChI is InChI=1S/C14H17NO5.C14H15NO4/c1-4-20-14(17)13(16)9(2)12(15-18)10-5-7-11(19-3)8-6-10;1-4-18-14(16)13-9(2)12(15-19-13)10-5-7-11(17-3)8-6-10/h5-9,18H,4H2,1-3H3;5-8H,4H2,1-3H3. The van der Waals surface area contributed by atoms with Crippen LogP contribution in [0.2, 0.25) is 0 Å². The molecule has 0 aliphatic rings. The number of hydrogen-bond acceptors (Lipinski definition) is 11. The summed E-state index contributed by atoms with van der Waals surface area (Å²) >= 11 is 0. The molecule has 0 aliphatic carbocycles. The van der Waals surface area contributed by atoms with Crippen molar-refractivity contribution >= 4 is 23.4 Å². The molecule has 0 saturated heterocycles. The van der Waals surface area contributed by atoms with Crippen LogP contribution in [-0.2, 0) is 19.1 Å². The van der Waals surface area contributed by atoms with E-state index in [4.69, 9.17) is 23.9 Å². The van der Waals surface area contributed by atoms with Gasteiger partial charge in [0.25, 0.3) is 0 Å². The third kappa shape index (κ3) is 7.91. The fraction of sp³-hybridized carbons (Fsp3) is 0.321. The first-order valence-electron chi connectivity index (χ1n) is 12.1. The topological polar surface area (TPSA) is 147 Å². The highest BCUT2D eigenvalue weighted by Crippen LogP contribution is 2.27. The van der Waals surface area contributed by atoms with Crippen LogP contribution in [0.15, 0.2) is 58.2 Å². The van der Waals surface area contributed by atoms with Gasteiger partial charge in [0.15, 0.2) is 0 Å². The Morgan fingerprint density at radius 1 is 0.923 bits per heavy atom. The van der Waals surface area contributed by atoms with E-state index in [0.29, 0.717) is 29.2 Å². The summed E-state index contributed by atoms with van der Waals surface area (Å²) < 4.78 is 24.7. The fourth-order valence-corrected chi connectivity index (χ4v) is 3.40. The number of aromatic nitrogens is 1. The Kier molecular flexibility index (Phi) is 11.7. The monoisotopic (exact) mass is 540 g/mol. The molecule has 39 heavy (non-hydrogen) atoms. The summed E-state index contributed by atoms with van der Waals surface area (Å²) in [5.41, 5.74) is 2.79. The summed E-state index contributed by atoms with van der Waals surface area (Å²) in [6.45, 7) is 7.04. The highest BCUT2D eigenvalue weighted by molar-refractivity contribution is 6.39. The quantitative estimate of drug-likeness (QED) is 0.128. The lowest BCUT2D eigenvalue weighted by atomic mass is 9.94. The van der Waals surface area contributed by atoms with Crippen LogP contribution in [0.25, 0.3) is 11.3 Å². The van der Waals surface area contributed by atoms with E-state index in [2.05, 4.69) is 15.0 Å². The van der Waals surface area contributed by atoms with Gasteiger partial charge in [-0.2, -0.15) is 0 Å². The Bertz CT molecular complexity index is 1280. The Morgan fingerprint density at radius 3 is 1.95 bits per heavy atom. The molecule has 1 aromatic heterocycles. The molecule has 1 atom stereocenters. The van der Waals surface area contributed by atoms with Crippen LogP contribution in [0.1, 0.15) is 42.5 Å². The Labute approximate surface area is 226 Å². The molecule has 208 valence electrons. The van der Waals surface area contributed by atoms with Crippen molar-refractivity contribution in [2.75, 3.05) is 27.4 Å². The van der Waals surface area contributed by atoms with Gasteiger partial charge in [-0.15, -0.1) is 0 Å². The maximum absolute atomic E-state index is 11.8. The van der Waals surface area contributed by atoms with E-state index in [1.165, 1.54) is 14.0 Å². The molecule has 1 heterocycles. The molecule has 0 spiro atoms. The van der Waals surface area contributed by atoms with Crippen molar-refractivity contribution < 1.29 is 43.1 Å². The zero-order chi connectivity index (χ0) is 28.9. The minimum absolute atomic E-state index is 0.103. The first-order valence-corrected chi connectivity index (χ1v) is 12.1. The predicted molar refractivity (Wildman–Crippen MR) is 141 cm³/mol. The van der Waals surface area contributed by atoms with Crippen LogP contribution >= 0.6 is 0 Å². The van der Waals surface area contributed by atoms with E-state index in [9.17, 15) is 14.4 Å². The highest BCUT2D eigenvalue weighted by Gasteiger charge is 2.28. The highest BCUT2D eigenvalue weighted by atomic mass is 16.6. The van der Waals surface area contributed by atoms with Crippen molar-refractivity contribution in [2.45, 2.75) is 27.7 Å². The summed E-state index contributed by atoms with van der Waals surface area (Å²) in [5, 5.41) is 16.1. The molecular formula is C28H32N2O9. The second-order valence-electron chi connectivity index (χ2n) is 7.95. The molecule has 3 rings (SSSR count). The van der Waals surface area contributed by atoms with E-state index < -0.39 is 23.6 Å². The maximum Gasteiger partial charge on any atom is 0.377 e. The van der Waals surface area contributed by atoms with E-state index >= 15 is 0 Å². The van der Waals surface area contributed by atoms with Crippen molar-refractivity contribution in [1.82, 2.24) is 5.16 Å². The van der Waals surface area contributed by atoms with Gasteiger partial charge >= 0.3 is 11.9 Å². The minimum atomic E-state index is -0.935. The predicted octanol–water partition coefficient (Wildman–Crippen LogP) is 4.48. The Balaban J connectivity index is 0.000000274. The number of rotatable bonds is 10. The molecule has 0 radical (unpaired) electrons. The number of Topliss-reactive ketones (excluding diaryl/α,β-unsaturated/α-hetero) is 1. The molecule has 0 fully saturated rings. The number of ketones is 1. The molecule has 11 nitrogen and oxygen atoms in total. The third-order valence-corrected chi connectivity index (χ3v) is 5.52. The summed E-state index contributed by atoms with van der Waals surface area (Å²) in [6, 6.07) is 14.0. The summed E-state index contributed by atoms with van der Waals surface area (Å²) in [7, 11) is 3.14. The lowest BCUT2D eigenvalue weighted by Crippen LogP contribution is -2.30. The number of esters is 2. The molecule has 1 unspecified atom stereocenters. The van der Waals surface area contributed by atoms with Gasteiger partial charge in [-0.05, 0) is 76.2 Å². The van der Waals surface area contributed by atoms with Gasteiger partial charge in [0.1, 0.15) is 17.2 Å². The second-order valence-corrected chi connectivity index (χ2v) is 7.95. The van der Waals surface area contributed by atoms with Crippen molar-refractivity contribution in [3.05, 3.63) is 65.4 Å². The zero-order valence-electron chi connectivity index (χ0n) is 22.7. The Morgan fingerprint density at radius 2 is 1.46 bits per heavy atom. The average molecular weight is 541 g/mol. The lowest BCUT2D eigenvalue weighted by Gasteiger charge is -2.12. The van der Waals surface area contributed by atoms with E-state index in [1.807, 2.05) is 24.3 Å². The van der Waals surface area contributed by atoms with Crippen molar-refractivity contribution in [3.63, 3.8) is 0 Å². The molecule has 0 amide bonds. The van der Waals surface area contributed by atoms with Gasteiger partial charge in [0.2, 0.25) is 11.5 Å². The molecule has 1 N–H and O–H groups in total. The molecule has 0 bridgehead atoms. The zero-order valence-corrected chi connectivity index (χ0v) is 22.7. The second kappa shape index (κ2) is 14.9. The van der Waals surface area contributed by atoms with Gasteiger partial charge in [0.05, 0.1) is 39.1 Å². The number of hydrogen-bond donors (Lipinski definition) is 1. The molecular weight excluding hydrogens is 508 g/mol. The smallest absolute Gasteiger partial charge is 0.377 e. The SMILES string of the molecule is CCOC(=O)C(=O)C(C)C(=NO)c1ccc(OC)cc1.CCOC(=O)c1onc(-c2ccc(OC)cc2)c1C. The summed E-state index contributed by atoms with van der Waals surface area (Å²) in [5.74, 6) is -1.54. The largest absolute Gasteiger partial charge is 0.497 e. The number of methoxy groups -OCH3 is 2. The normalized spacial score (nSPS) is 11.5. The van der Waals surface area contributed by atoms with Gasteiger partial charge in [-0.3, -0.25) is 4.79 Å². The van der Waals surface area contributed by atoms with Crippen molar-refractivity contribution in [2.24, 2.45) is 11.1 Å². The van der Waals surface area contributed by atoms with Gasteiger partial charge in [0, 0.05) is 16.7 Å². The third-order valence-electron chi connectivity index (χ3n) is 5.52. The van der Waals surface area contributed by atoms with Crippen molar-refractivity contribution in [1.29, 1.82) is 0 Å². The van der Waals surface area contributed by atoms with Crippen LogP contribution < -0.4 is 9.47 Å². The number of benzene rings is 2. The number of nitrogens with zero attached hydrogens (tertiary/aromatic N) is 2. The van der Waals surface area contributed by atoms with Crippen LogP contribution in [-0.4, -0.2) is 61.2 Å². The molecule has 0 saturated carbocycles. The number of carbonyl (C=O) groups is 3. The first-order chi connectivity index (χ1) is 18.7. The van der Waals surface area contributed by atoms with Crippen LogP contribution in [0, 0.1) is 12.8 Å². The molecule has 2 aromatic carbocycles. The average Bonchev–Trinajstić information content (AvgIpc) is 3.35. The van der Waals surface area contributed by atoms with Gasteiger partial charge < -0.3 is 28.7 Å². The van der Waals surface area contributed by atoms with E-state index in [0.717, 1.165) is 11.3 Å². The molecule has 11 heteroatoms.